The lowest BCUT2D eigenvalue weighted by atomic mass is 10.1. The van der Waals surface area contributed by atoms with Crippen molar-refractivity contribution in [3.05, 3.63) is 72.4 Å². The summed E-state index contributed by atoms with van der Waals surface area (Å²) >= 11 is 0. The molecule has 6 nitrogen and oxygen atoms in total. The molecule has 0 fully saturated rings. The van der Waals surface area contributed by atoms with Crippen molar-refractivity contribution in [2.45, 2.75) is 13.0 Å². The van der Waals surface area contributed by atoms with Gasteiger partial charge in [0.2, 0.25) is 0 Å². The summed E-state index contributed by atoms with van der Waals surface area (Å²) in [5.41, 5.74) is 7.50. The second-order valence-electron chi connectivity index (χ2n) is 5.49. The van der Waals surface area contributed by atoms with Crippen molar-refractivity contribution in [1.29, 1.82) is 0 Å². The Morgan fingerprint density at radius 2 is 1.64 bits per heavy atom. The zero-order chi connectivity index (χ0) is 17.8. The van der Waals surface area contributed by atoms with Gasteiger partial charge in [-0.2, -0.15) is 5.10 Å². The van der Waals surface area contributed by atoms with Crippen molar-refractivity contribution >= 4 is 11.9 Å². The van der Waals surface area contributed by atoms with E-state index in [1.54, 1.807) is 10.9 Å². The van der Waals surface area contributed by atoms with E-state index < -0.39 is 18.0 Å². The topological polar surface area (TPSA) is 87.2 Å². The highest BCUT2D eigenvalue weighted by molar-refractivity contribution is 5.97. The number of carbonyl (C=O) groups excluding carboxylic acids is 2. The van der Waals surface area contributed by atoms with Crippen molar-refractivity contribution in [3.8, 4) is 16.9 Å². The summed E-state index contributed by atoms with van der Waals surface area (Å²) in [5.74, 6) is -1.35. The highest BCUT2D eigenvalue weighted by Crippen LogP contribution is 2.24. The Morgan fingerprint density at radius 3 is 2.24 bits per heavy atom. The number of benzene rings is 2. The summed E-state index contributed by atoms with van der Waals surface area (Å²) in [5, 5.41) is 4.52. The number of nitrogens with zero attached hydrogens (tertiary/aromatic N) is 2. The maximum Gasteiger partial charge on any atom is 0.342 e. The predicted molar refractivity (Wildman–Crippen MR) is 93.1 cm³/mol. The Labute approximate surface area is 144 Å². The number of para-hydroxylation sites is 1. The molecule has 3 aromatic rings. The number of rotatable bonds is 5. The molecule has 25 heavy (non-hydrogen) atoms. The number of hydrogen-bond donors (Lipinski definition) is 1. The van der Waals surface area contributed by atoms with Crippen LogP contribution in [0.25, 0.3) is 16.9 Å². The molecule has 0 spiro atoms. The number of hydrogen-bond acceptors (Lipinski definition) is 4. The SMILES string of the molecule is CC(OC(=O)c1cn(-c2ccccc2)nc1-c1ccccc1)C(N)=O. The lowest BCUT2D eigenvalue weighted by molar-refractivity contribution is -0.125. The summed E-state index contributed by atoms with van der Waals surface area (Å²) in [7, 11) is 0. The summed E-state index contributed by atoms with van der Waals surface area (Å²) in [6.07, 6.45) is 0.574. The van der Waals surface area contributed by atoms with Crippen LogP contribution >= 0.6 is 0 Å². The summed E-state index contributed by atoms with van der Waals surface area (Å²) in [4.78, 5) is 23.7. The van der Waals surface area contributed by atoms with Crippen molar-refractivity contribution < 1.29 is 14.3 Å². The minimum Gasteiger partial charge on any atom is -0.449 e. The molecule has 2 N–H and O–H groups in total. The van der Waals surface area contributed by atoms with Crippen molar-refractivity contribution in [2.75, 3.05) is 0 Å². The van der Waals surface area contributed by atoms with Gasteiger partial charge in [-0.25, -0.2) is 9.48 Å². The molecule has 6 heteroatoms. The van der Waals surface area contributed by atoms with Gasteiger partial charge < -0.3 is 10.5 Å². The molecular weight excluding hydrogens is 318 g/mol. The number of nitrogens with two attached hydrogens (primary N) is 1. The van der Waals surface area contributed by atoms with E-state index in [-0.39, 0.29) is 5.56 Å². The maximum absolute atomic E-state index is 12.5. The number of primary amides is 1. The average molecular weight is 335 g/mol. The van der Waals surface area contributed by atoms with E-state index in [0.717, 1.165) is 11.3 Å². The average Bonchev–Trinajstić information content (AvgIpc) is 3.08. The zero-order valence-corrected chi connectivity index (χ0v) is 13.6. The summed E-state index contributed by atoms with van der Waals surface area (Å²) in [6.45, 7) is 1.43. The Hall–Kier alpha value is -3.41. The summed E-state index contributed by atoms with van der Waals surface area (Å²) in [6, 6.07) is 18.7. The molecule has 0 saturated heterocycles. The molecule has 0 bridgehead atoms. The fourth-order valence-corrected chi connectivity index (χ4v) is 2.33. The lowest BCUT2D eigenvalue weighted by Crippen LogP contribution is -2.30. The van der Waals surface area contributed by atoms with E-state index in [0.29, 0.717) is 5.69 Å². The Kier molecular flexibility index (Phi) is 4.61. The first-order chi connectivity index (χ1) is 12.1. The molecule has 2 aromatic carbocycles. The second kappa shape index (κ2) is 7.00. The highest BCUT2D eigenvalue weighted by atomic mass is 16.5. The third-order valence-electron chi connectivity index (χ3n) is 3.69. The van der Waals surface area contributed by atoms with E-state index in [1.807, 2.05) is 60.7 Å². The number of amides is 1. The highest BCUT2D eigenvalue weighted by Gasteiger charge is 2.23. The number of aromatic nitrogens is 2. The monoisotopic (exact) mass is 335 g/mol. The predicted octanol–water partition coefficient (Wildman–Crippen LogP) is 2.57. The van der Waals surface area contributed by atoms with Crippen LogP contribution in [0.1, 0.15) is 17.3 Å². The van der Waals surface area contributed by atoms with Crippen LogP contribution in [0.4, 0.5) is 0 Å². The molecule has 1 unspecified atom stereocenters. The van der Waals surface area contributed by atoms with Gasteiger partial charge in [0.15, 0.2) is 6.10 Å². The van der Waals surface area contributed by atoms with Gasteiger partial charge in [0.1, 0.15) is 11.3 Å². The van der Waals surface area contributed by atoms with E-state index >= 15 is 0 Å². The first-order valence-corrected chi connectivity index (χ1v) is 7.77. The second-order valence-corrected chi connectivity index (χ2v) is 5.49. The fraction of sp³-hybridized carbons (Fsp3) is 0.105. The largest absolute Gasteiger partial charge is 0.449 e. The van der Waals surface area contributed by atoms with Crippen LogP contribution in [-0.2, 0) is 9.53 Å². The third kappa shape index (κ3) is 3.58. The van der Waals surface area contributed by atoms with E-state index in [4.69, 9.17) is 10.5 Å². The third-order valence-corrected chi connectivity index (χ3v) is 3.69. The van der Waals surface area contributed by atoms with Crippen LogP contribution in [0.15, 0.2) is 66.9 Å². The Morgan fingerprint density at radius 1 is 1.04 bits per heavy atom. The van der Waals surface area contributed by atoms with Crippen LogP contribution in [0.2, 0.25) is 0 Å². The number of esters is 1. The Bertz CT molecular complexity index is 889. The molecular formula is C19H17N3O3. The number of carbonyl (C=O) groups is 2. The van der Waals surface area contributed by atoms with Gasteiger partial charge in [-0.1, -0.05) is 48.5 Å². The molecule has 0 aliphatic rings. The first kappa shape index (κ1) is 16.4. The van der Waals surface area contributed by atoms with Crippen molar-refractivity contribution in [3.63, 3.8) is 0 Å². The molecule has 0 aliphatic carbocycles. The molecule has 1 atom stereocenters. The quantitative estimate of drug-likeness (QED) is 0.726. The molecule has 0 aliphatic heterocycles. The number of ether oxygens (including phenoxy) is 1. The van der Waals surface area contributed by atoms with Crippen LogP contribution < -0.4 is 5.73 Å². The first-order valence-electron chi connectivity index (χ1n) is 7.77. The smallest absolute Gasteiger partial charge is 0.342 e. The molecule has 1 aromatic heterocycles. The van der Waals surface area contributed by atoms with Gasteiger partial charge in [-0.15, -0.1) is 0 Å². The molecule has 1 amide bonds. The van der Waals surface area contributed by atoms with Gasteiger partial charge in [0.05, 0.1) is 5.69 Å². The Balaban J connectivity index is 2.05. The van der Waals surface area contributed by atoms with E-state index in [9.17, 15) is 9.59 Å². The molecule has 0 saturated carbocycles. The van der Waals surface area contributed by atoms with Crippen LogP contribution in [0, 0.1) is 0 Å². The van der Waals surface area contributed by atoms with Crippen molar-refractivity contribution in [1.82, 2.24) is 9.78 Å². The van der Waals surface area contributed by atoms with Gasteiger partial charge in [0.25, 0.3) is 5.91 Å². The van der Waals surface area contributed by atoms with Crippen LogP contribution in [-0.4, -0.2) is 27.8 Å². The van der Waals surface area contributed by atoms with Gasteiger partial charge >= 0.3 is 5.97 Å². The summed E-state index contributed by atoms with van der Waals surface area (Å²) < 4.78 is 6.75. The fourth-order valence-electron chi connectivity index (χ4n) is 2.33. The lowest BCUT2D eigenvalue weighted by Gasteiger charge is -2.09. The van der Waals surface area contributed by atoms with E-state index in [1.165, 1.54) is 6.92 Å². The van der Waals surface area contributed by atoms with Crippen molar-refractivity contribution in [2.24, 2.45) is 5.73 Å². The van der Waals surface area contributed by atoms with Gasteiger partial charge in [-0.3, -0.25) is 4.79 Å². The van der Waals surface area contributed by atoms with E-state index in [2.05, 4.69) is 5.10 Å². The van der Waals surface area contributed by atoms with Crippen LogP contribution in [0.3, 0.4) is 0 Å². The minimum absolute atomic E-state index is 0.267. The maximum atomic E-state index is 12.5. The van der Waals surface area contributed by atoms with Gasteiger partial charge in [-0.05, 0) is 19.1 Å². The van der Waals surface area contributed by atoms with Crippen LogP contribution in [0.5, 0.6) is 0 Å². The molecule has 126 valence electrons. The molecule has 3 rings (SSSR count). The molecule has 1 heterocycles. The zero-order valence-electron chi connectivity index (χ0n) is 13.6. The minimum atomic E-state index is -1.02. The normalized spacial score (nSPS) is 11.7. The van der Waals surface area contributed by atoms with Gasteiger partial charge in [0, 0.05) is 11.8 Å². The standard InChI is InChI=1S/C19H17N3O3/c1-13(18(20)23)25-19(24)16-12-22(15-10-6-3-7-11-15)21-17(16)14-8-4-2-5-9-14/h2-13H,1H3,(H2,20,23). The molecule has 0 radical (unpaired) electrons.